The van der Waals surface area contributed by atoms with Crippen molar-refractivity contribution >= 4 is 0 Å². The van der Waals surface area contributed by atoms with Crippen LogP contribution < -0.4 is 0 Å². The minimum absolute atomic E-state index is 0.190. The summed E-state index contributed by atoms with van der Waals surface area (Å²) in [6, 6.07) is 1.82. The highest BCUT2D eigenvalue weighted by Gasteiger charge is 2.26. The molecule has 0 aromatic carbocycles. The van der Waals surface area contributed by atoms with Crippen LogP contribution in [-0.2, 0) is 11.8 Å². The standard InChI is InChI=1S/C11H20N2O2/c1-5-15-11(8(2)3)10(14)9-6-7-13(4)12-9/h6-8,10-11,14H,5H2,1-4H3. The Labute approximate surface area is 90.9 Å². The summed E-state index contributed by atoms with van der Waals surface area (Å²) >= 11 is 0. The van der Waals surface area contributed by atoms with Crippen molar-refractivity contribution in [2.45, 2.75) is 33.0 Å². The maximum absolute atomic E-state index is 10.1. The van der Waals surface area contributed by atoms with Gasteiger partial charge in [-0.2, -0.15) is 5.10 Å². The zero-order chi connectivity index (χ0) is 11.4. The SMILES string of the molecule is CCOC(C(C)C)C(O)c1ccn(C)n1. The minimum atomic E-state index is -0.647. The number of ether oxygens (including phenoxy) is 1. The molecule has 0 aliphatic rings. The molecule has 1 rings (SSSR count). The van der Waals surface area contributed by atoms with E-state index in [1.165, 1.54) is 0 Å². The van der Waals surface area contributed by atoms with Crippen molar-refractivity contribution in [3.05, 3.63) is 18.0 Å². The number of hydrogen-bond donors (Lipinski definition) is 1. The summed E-state index contributed by atoms with van der Waals surface area (Å²) in [7, 11) is 1.83. The van der Waals surface area contributed by atoms with Crippen LogP contribution in [0.1, 0.15) is 32.6 Å². The van der Waals surface area contributed by atoms with E-state index in [4.69, 9.17) is 4.74 Å². The Kier molecular flexibility index (Phi) is 4.29. The van der Waals surface area contributed by atoms with Gasteiger partial charge in [0, 0.05) is 19.9 Å². The second-order valence-electron chi connectivity index (χ2n) is 4.02. The quantitative estimate of drug-likeness (QED) is 0.805. The summed E-state index contributed by atoms with van der Waals surface area (Å²) in [6.07, 6.45) is 0.984. The molecule has 4 nitrogen and oxygen atoms in total. The van der Waals surface area contributed by atoms with Crippen LogP contribution in [0, 0.1) is 5.92 Å². The molecule has 0 aliphatic heterocycles. The van der Waals surface area contributed by atoms with Crippen molar-refractivity contribution < 1.29 is 9.84 Å². The van der Waals surface area contributed by atoms with Crippen molar-refractivity contribution in [3.63, 3.8) is 0 Å². The van der Waals surface area contributed by atoms with Crippen molar-refractivity contribution in [1.82, 2.24) is 9.78 Å². The number of aromatic nitrogens is 2. The highest BCUT2D eigenvalue weighted by molar-refractivity contribution is 5.05. The number of aryl methyl sites for hydroxylation is 1. The third-order valence-electron chi connectivity index (χ3n) is 2.36. The molecular formula is C11H20N2O2. The van der Waals surface area contributed by atoms with Gasteiger partial charge in [0.25, 0.3) is 0 Å². The summed E-state index contributed by atoms with van der Waals surface area (Å²) in [4.78, 5) is 0. The molecule has 1 heterocycles. The molecule has 0 fully saturated rings. The van der Waals surface area contributed by atoms with E-state index in [0.717, 1.165) is 0 Å². The third kappa shape index (κ3) is 3.04. The molecule has 1 aromatic rings. The molecule has 0 saturated heterocycles. The lowest BCUT2D eigenvalue weighted by Gasteiger charge is -2.24. The molecule has 0 aliphatic carbocycles. The molecule has 2 atom stereocenters. The van der Waals surface area contributed by atoms with E-state index in [1.54, 1.807) is 4.68 Å². The molecule has 15 heavy (non-hydrogen) atoms. The highest BCUT2D eigenvalue weighted by Crippen LogP contribution is 2.23. The van der Waals surface area contributed by atoms with Crippen molar-refractivity contribution in [2.75, 3.05) is 6.61 Å². The average Bonchev–Trinajstić information content (AvgIpc) is 2.59. The van der Waals surface area contributed by atoms with Gasteiger partial charge < -0.3 is 9.84 Å². The first kappa shape index (κ1) is 12.2. The Bertz CT molecular complexity index is 297. The lowest BCUT2D eigenvalue weighted by atomic mass is 9.99. The first-order valence-electron chi connectivity index (χ1n) is 5.35. The van der Waals surface area contributed by atoms with E-state index >= 15 is 0 Å². The highest BCUT2D eigenvalue weighted by atomic mass is 16.5. The van der Waals surface area contributed by atoms with Gasteiger partial charge in [0.05, 0.1) is 11.8 Å². The van der Waals surface area contributed by atoms with Gasteiger partial charge in [-0.05, 0) is 18.9 Å². The molecule has 1 aromatic heterocycles. The van der Waals surface area contributed by atoms with Crippen LogP contribution in [0.4, 0.5) is 0 Å². The molecule has 0 spiro atoms. The van der Waals surface area contributed by atoms with Crippen LogP contribution in [0.15, 0.2) is 12.3 Å². The normalized spacial score (nSPS) is 15.6. The molecule has 86 valence electrons. The average molecular weight is 212 g/mol. The topological polar surface area (TPSA) is 47.3 Å². The Morgan fingerprint density at radius 1 is 1.53 bits per heavy atom. The van der Waals surface area contributed by atoms with E-state index in [0.29, 0.717) is 12.3 Å². The van der Waals surface area contributed by atoms with Crippen LogP contribution in [-0.4, -0.2) is 27.6 Å². The Morgan fingerprint density at radius 3 is 2.60 bits per heavy atom. The predicted molar refractivity (Wildman–Crippen MR) is 58.4 cm³/mol. The first-order chi connectivity index (χ1) is 7.06. The van der Waals surface area contributed by atoms with E-state index in [2.05, 4.69) is 5.10 Å². The fraction of sp³-hybridized carbons (Fsp3) is 0.727. The summed E-state index contributed by atoms with van der Waals surface area (Å²) in [5.41, 5.74) is 0.671. The van der Waals surface area contributed by atoms with Crippen LogP contribution in [0.25, 0.3) is 0 Å². The second-order valence-corrected chi connectivity index (χ2v) is 4.02. The van der Waals surface area contributed by atoms with Gasteiger partial charge >= 0.3 is 0 Å². The van der Waals surface area contributed by atoms with Gasteiger partial charge in [0.15, 0.2) is 0 Å². The summed E-state index contributed by atoms with van der Waals surface area (Å²) in [5, 5.41) is 14.3. The summed E-state index contributed by atoms with van der Waals surface area (Å²) in [6.45, 7) is 6.60. The zero-order valence-corrected chi connectivity index (χ0v) is 9.84. The Hall–Kier alpha value is -0.870. The number of rotatable bonds is 5. The van der Waals surface area contributed by atoms with Gasteiger partial charge in [-0.3, -0.25) is 4.68 Å². The number of aliphatic hydroxyl groups excluding tert-OH is 1. The van der Waals surface area contributed by atoms with Gasteiger partial charge in [-0.1, -0.05) is 13.8 Å². The fourth-order valence-electron chi connectivity index (χ4n) is 1.60. The van der Waals surface area contributed by atoms with Crippen LogP contribution in [0.5, 0.6) is 0 Å². The summed E-state index contributed by atoms with van der Waals surface area (Å²) in [5.74, 6) is 0.266. The molecule has 4 heteroatoms. The van der Waals surface area contributed by atoms with E-state index in [9.17, 15) is 5.11 Å². The molecule has 0 bridgehead atoms. The lowest BCUT2D eigenvalue weighted by Crippen LogP contribution is -2.28. The minimum Gasteiger partial charge on any atom is -0.384 e. The van der Waals surface area contributed by atoms with Gasteiger partial charge in [0.2, 0.25) is 0 Å². The monoisotopic (exact) mass is 212 g/mol. The molecule has 0 radical (unpaired) electrons. The predicted octanol–water partition coefficient (Wildman–Crippen LogP) is 1.51. The van der Waals surface area contributed by atoms with E-state index in [-0.39, 0.29) is 12.0 Å². The maximum atomic E-state index is 10.1. The fourth-order valence-corrected chi connectivity index (χ4v) is 1.60. The van der Waals surface area contributed by atoms with Crippen LogP contribution >= 0.6 is 0 Å². The molecule has 2 unspecified atom stereocenters. The number of hydrogen-bond acceptors (Lipinski definition) is 3. The number of nitrogens with zero attached hydrogens (tertiary/aromatic N) is 2. The van der Waals surface area contributed by atoms with Crippen molar-refractivity contribution in [2.24, 2.45) is 13.0 Å². The molecule has 1 N–H and O–H groups in total. The number of aliphatic hydroxyl groups is 1. The van der Waals surface area contributed by atoms with Gasteiger partial charge in [-0.25, -0.2) is 0 Å². The van der Waals surface area contributed by atoms with Gasteiger partial charge in [-0.15, -0.1) is 0 Å². The lowest BCUT2D eigenvalue weighted by molar-refractivity contribution is -0.0603. The molecular weight excluding hydrogens is 192 g/mol. The smallest absolute Gasteiger partial charge is 0.124 e. The second kappa shape index (κ2) is 5.28. The third-order valence-corrected chi connectivity index (χ3v) is 2.36. The van der Waals surface area contributed by atoms with E-state index in [1.807, 2.05) is 40.1 Å². The zero-order valence-electron chi connectivity index (χ0n) is 9.84. The molecule has 0 saturated carbocycles. The Morgan fingerprint density at radius 2 is 2.20 bits per heavy atom. The van der Waals surface area contributed by atoms with Crippen molar-refractivity contribution in [1.29, 1.82) is 0 Å². The Balaban J connectivity index is 2.75. The summed E-state index contributed by atoms with van der Waals surface area (Å²) < 4.78 is 7.21. The van der Waals surface area contributed by atoms with Crippen LogP contribution in [0.2, 0.25) is 0 Å². The van der Waals surface area contributed by atoms with E-state index < -0.39 is 6.10 Å². The van der Waals surface area contributed by atoms with Crippen LogP contribution in [0.3, 0.4) is 0 Å². The molecule has 0 amide bonds. The maximum Gasteiger partial charge on any atom is 0.124 e. The van der Waals surface area contributed by atoms with Crippen molar-refractivity contribution in [3.8, 4) is 0 Å². The first-order valence-corrected chi connectivity index (χ1v) is 5.35. The van der Waals surface area contributed by atoms with Gasteiger partial charge in [0.1, 0.15) is 6.10 Å². The largest absolute Gasteiger partial charge is 0.384 e.